The van der Waals surface area contributed by atoms with Crippen molar-refractivity contribution in [2.45, 2.75) is 46.0 Å². The number of fused-ring (bicyclic) bond motifs is 1. The van der Waals surface area contributed by atoms with Gasteiger partial charge in [-0.3, -0.25) is 4.79 Å². The molecule has 1 aromatic carbocycles. The van der Waals surface area contributed by atoms with Crippen LogP contribution >= 0.6 is 23.2 Å². The summed E-state index contributed by atoms with van der Waals surface area (Å²) in [7, 11) is 0. The van der Waals surface area contributed by atoms with Gasteiger partial charge in [0.25, 0.3) is 0 Å². The van der Waals surface area contributed by atoms with Gasteiger partial charge in [0.15, 0.2) is 0 Å². The molecule has 1 aliphatic heterocycles. The van der Waals surface area contributed by atoms with Gasteiger partial charge in [0.05, 0.1) is 10.5 Å². The van der Waals surface area contributed by atoms with E-state index in [1.54, 1.807) is 6.07 Å². The van der Waals surface area contributed by atoms with Gasteiger partial charge in [-0.1, -0.05) is 37.0 Å². The second-order valence-electron chi connectivity index (χ2n) is 6.93. The van der Waals surface area contributed by atoms with Crippen LogP contribution in [-0.4, -0.2) is 47.0 Å². The fourth-order valence-electron chi connectivity index (χ4n) is 3.53. The smallest absolute Gasteiger partial charge is 0.224 e. The quantitative estimate of drug-likeness (QED) is 0.664. The fraction of sp³-hybridized carbons (Fsp3) is 0.550. The zero-order valence-electron chi connectivity index (χ0n) is 16.0. The summed E-state index contributed by atoms with van der Waals surface area (Å²) in [6.45, 7) is 7.35. The van der Waals surface area contributed by atoms with Crippen molar-refractivity contribution in [2.24, 2.45) is 0 Å². The van der Waals surface area contributed by atoms with Crippen molar-refractivity contribution in [3.8, 4) is 0 Å². The van der Waals surface area contributed by atoms with Crippen LogP contribution in [0.25, 0.3) is 10.9 Å². The number of hydrogen-bond acceptors (Lipinski definition) is 4. The summed E-state index contributed by atoms with van der Waals surface area (Å²) in [5.74, 6) is 1.78. The molecule has 0 saturated carbocycles. The Morgan fingerprint density at radius 1 is 1.15 bits per heavy atom. The van der Waals surface area contributed by atoms with E-state index < -0.39 is 0 Å². The summed E-state index contributed by atoms with van der Waals surface area (Å²) in [6, 6.07) is 3.57. The normalized spacial score (nSPS) is 14.1. The number of rotatable bonds is 7. The van der Waals surface area contributed by atoms with E-state index in [1.807, 2.05) is 17.9 Å². The van der Waals surface area contributed by atoms with Gasteiger partial charge >= 0.3 is 0 Å². The predicted octanol–water partition coefficient (Wildman–Crippen LogP) is 4.73. The molecule has 146 valence electrons. The van der Waals surface area contributed by atoms with Crippen LogP contribution < -0.4 is 4.90 Å². The van der Waals surface area contributed by atoms with E-state index in [2.05, 4.69) is 16.8 Å². The third kappa shape index (κ3) is 4.64. The number of hydrogen-bond donors (Lipinski definition) is 0. The van der Waals surface area contributed by atoms with Gasteiger partial charge in [-0.15, -0.1) is 0 Å². The summed E-state index contributed by atoms with van der Waals surface area (Å²) < 4.78 is 0. The first kappa shape index (κ1) is 20.2. The van der Waals surface area contributed by atoms with Gasteiger partial charge in [0, 0.05) is 49.4 Å². The lowest BCUT2D eigenvalue weighted by Gasteiger charge is -2.26. The Kier molecular flexibility index (Phi) is 6.77. The van der Waals surface area contributed by atoms with Crippen molar-refractivity contribution >= 4 is 45.8 Å². The molecule has 0 atom stereocenters. The number of carbonyl (C=O) groups excluding carboxylic acids is 1. The summed E-state index contributed by atoms with van der Waals surface area (Å²) in [6.07, 6.45) is 4.38. The van der Waals surface area contributed by atoms with Crippen molar-refractivity contribution in [1.82, 2.24) is 14.9 Å². The molecular weight excluding hydrogens is 383 g/mol. The molecule has 27 heavy (non-hydrogen) atoms. The van der Waals surface area contributed by atoms with Gasteiger partial charge in [0.1, 0.15) is 11.6 Å². The van der Waals surface area contributed by atoms with Gasteiger partial charge in [0.2, 0.25) is 5.91 Å². The maximum Gasteiger partial charge on any atom is 0.224 e. The topological polar surface area (TPSA) is 49.3 Å². The first-order valence-electron chi connectivity index (χ1n) is 9.71. The van der Waals surface area contributed by atoms with Gasteiger partial charge in [-0.25, -0.2) is 9.97 Å². The Morgan fingerprint density at radius 2 is 1.89 bits per heavy atom. The second-order valence-corrected chi connectivity index (χ2v) is 7.77. The Labute approximate surface area is 170 Å². The molecule has 7 heteroatoms. The van der Waals surface area contributed by atoms with E-state index in [0.29, 0.717) is 29.4 Å². The molecule has 2 heterocycles. The number of aromatic nitrogens is 2. The second kappa shape index (κ2) is 9.07. The average molecular weight is 409 g/mol. The molecule has 1 aliphatic rings. The van der Waals surface area contributed by atoms with Crippen LogP contribution in [-0.2, 0) is 11.2 Å². The number of carbonyl (C=O) groups is 1. The minimum atomic E-state index is 0.221. The highest BCUT2D eigenvalue weighted by molar-refractivity contribution is 6.38. The van der Waals surface area contributed by atoms with Crippen molar-refractivity contribution in [1.29, 1.82) is 0 Å². The number of nitrogens with zero attached hydrogens (tertiary/aromatic N) is 4. The van der Waals surface area contributed by atoms with E-state index in [0.717, 1.165) is 61.4 Å². The zero-order valence-corrected chi connectivity index (χ0v) is 17.5. The van der Waals surface area contributed by atoms with Crippen molar-refractivity contribution in [3.63, 3.8) is 0 Å². The first-order chi connectivity index (χ1) is 13.0. The Hall–Kier alpha value is -1.59. The molecule has 1 fully saturated rings. The number of benzene rings is 1. The van der Waals surface area contributed by atoms with Crippen LogP contribution in [0.3, 0.4) is 0 Å². The molecule has 2 aromatic rings. The molecule has 0 radical (unpaired) electrons. The van der Waals surface area contributed by atoms with Crippen LogP contribution in [0.1, 0.15) is 45.4 Å². The first-order valence-corrected chi connectivity index (χ1v) is 10.5. The van der Waals surface area contributed by atoms with Crippen molar-refractivity contribution in [2.75, 3.05) is 31.1 Å². The van der Waals surface area contributed by atoms with E-state index >= 15 is 0 Å². The summed E-state index contributed by atoms with van der Waals surface area (Å²) in [5.41, 5.74) is 0.717. The Balaban J connectivity index is 1.93. The number of aryl methyl sites for hydroxylation is 1. The monoisotopic (exact) mass is 408 g/mol. The largest absolute Gasteiger partial charge is 0.355 e. The Bertz CT molecular complexity index is 821. The van der Waals surface area contributed by atoms with E-state index in [1.165, 1.54) is 0 Å². The Morgan fingerprint density at radius 3 is 2.56 bits per heavy atom. The number of amides is 1. The SMILES string of the molecule is CCCN(CCC(=O)N1CCCC1)c1nc(CC)nc2c(Cl)cc(Cl)cc12. The molecule has 0 N–H and O–H groups in total. The molecule has 1 saturated heterocycles. The minimum absolute atomic E-state index is 0.221. The standard InChI is InChI=1S/C20H26Cl2N4O/c1-3-8-26(11-7-18(27)25-9-5-6-10-25)20-15-12-14(21)13-16(22)19(15)23-17(4-2)24-20/h12-13H,3-11H2,1-2H3. The minimum Gasteiger partial charge on any atom is -0.355 e. The van der Waals surface area contributed by atoms with E-state index in [4.69, 9.17) is 28.2 Å². The van der Waals surface area contributed by atoms with E-state index in [9.17, 15) is 4.79 Å². The summed E-state index contributed by atoms with van der Waals surface area (Å²) in [4.78, 5) is 26.0. The molecule has 0 bridgehead atoms. The lowest BCUT2D eigenvalue weighted by atomic mass is 10.2. The van der Waals surface area contributed by atoms with Gasteiger partial charge < -0.3 is 9.80 Å². The van der Waals surface area contributed by atoms with E-state index in [-0.39, 0.29) is 5.91 Å². The molecule has 3 rings (SSSR count). The third-order valence-electron chi connectivity index (χ3n) is 4.91. The third-order valence-corrected chi connectivity index (χ3v) is 5.41. The van der Waals surface area contributed by atoms with Crippen molar-refractivity contribution < 1.29 is 4.79 Å². The lowest BCUT2D eigenvalue weighted by Crippen LogP contribution is -2.34. The average Bonchev–Trinajstić information content (AvgIpc) is 3.19. The number of likely N-dealkylation sites (tertiary alicyclic amines) is 1. The van der Waals surface area contributed by atoms with Crippen molar-refractivity contribution in [3.05, 3.63) is 28.0 Å². The van der Waals surface area contributed by atoms with Crippen LogP contribution in [0.5, 0.6) is 0 Å². The van der Waals surface area contributed by atoms with Crippen LogP contribution in [0.15, 0.2) is 12.1 Å². The van der Waals surface area contributed by atoms with Gasteiger partial charge in [-0.05, 0) is 31.4 Å². The molecule has 0 spiro atoms. The highest BCUT2D eigenvalue weighted by atomic mass is 35.5. The molecular formula is C20H26Cl2N4O. The molecule has 1 amide bonds. The maximum atomic E-state index is 12.5. The molecule has 0 unspecified atom stereocenters. The van der Waals surface area contributed by atoms with Gasteiger partial charge in [-0.2, -0.15) is 0 Å². The van der Waals surface area contributed by atoms with Crippen LogP contribution in [0.4, 0.5) is 5.82 Å². The number of halogens is 2. The lowest BCUT2D eigenvalue weighted by molar-refractivity contribution is -0.129. The zero-order chi connectivity index (χ0) is 19.4. The fourth-order valence-corrected chi connectivity index (χ4v) is 4.07. The van der Waals surface area contributed by atoms with Crippen LogP contribution in [0, 0.1) is 0 Å². The summed E-state index contributed by atoms with van der Waals surface area (Å²) >= 11 is 12.7. The number of anilines is 1. The van der Waals surface area contributed by atoms with Crippen LogP contribution in [0.2, 0.25) is 10.0 Å². The molecule has 1 aromatic heterocycles. The maximum absolute atomic E-state index is 12.5. The molecule has 0 aliphatic carbocycles. The molecule has 5 nitrogen and oxygen atoms in total. The predicted molar refractivity (Wildman–Crippen MR) is 112 cm³/mol. The highest BCUT2D eigenvalue weighted by Crippen LogP contribution is 2.32. The highest BCUT2D eigenvalue weighted by Gasteiger charge is 2.21. The summed E-state index contributed by atoms with van der Waals surface area (Å²) in [5, 5.41) is 1.93.